The van der Waals surface area contributed by atoms with Crippen molar-refractivity contribution in [2.75, 3.05) is 5.32 Å². The Morgan fingerprint density at radius 1 is 1.26 bits per heavy atom. The summed E-state index contributed by atoms with van der Waals surface area (Å²) in [6, 6.07) is 3.56. The molecule has 0 saturated heterocycles. The fourth-order valence-electron chi connectivity index (χ4n) is 2.15. The Morgan fingerprint density at radius 2 is 1.95 bits per heavy atom. The van der Waals surface area contributed by atoms with E-state index in [2.05, 4.69) is 10.3 Å². The summed E-state index contributed by atoms with van der Waals surface area (Å²) < 4.78 is 0. The van der Waals surface area contributed by atoms with E-state index in [9.17, 15) is 9.59 Å². The predicted octanol–water partition coefficient (Wildman–Crippen LogP) is 2.00. The standard InChI is InChI=1S/C14H16N2O3/c1-9-6-7-10(8-15-9)16-13(17)11-4-2-3-5-12(11)14(18)19/h2-3,6-8,11-12H,4-5H2,1H3,(H,16,17)(H,18,19). The lowest BCUT2D eigenvalue weighted by molar-refractivity contribution is -0.146. The Bertz CT molecular complexity index is 508. The minimum atomic E-state index is -0.925. The van der Waals surface area contributed by atoms with Gasteiger partial charge in [0.2, 0.25) is 5.91 Å². The first-order chi connectivity index (χ1) is 9.08. The molecule has 5 nitrogen and oxygen atoms in total. The minimum absolute atomic E-state index is 0.262. The van der Waals surface area contributed by atoms with Crippen LogP contribution in [0.1, 0.15) is 18.5 Å². The van der Waals surface area contributed by atoms with Gasteiger partial charge >= 0.3 is 5.97 Å². The van der Waals surface area contributed by atoms with Gasteiger partial charge < -0.3 is 10.4 Å². The van der Waals surface area contributed by atoms with Gasteiger partial charge in [-0.1, -0.05) is 12.2 Å². The lowest BCUT2D eigenvalue weighted by Gasteiger charge is -2.24. The number of carbonyl (C=O) groups is 2. The van der Waals surface area contributed by atoms with Gasteiger partial charge in [0.05, 0.1) is 23.7 Å². The Labute approximate surface area is 111 Å². The maximum Gasteiger partial charge on any atom is 0.307 e. The van der Waals surface area contributed by atoms with Crippen LogP contribution in [0.4, 0.5) is 5.69 Å². The number of allylic oxidation sites excluding steroid dienone is 2. The molecule has 2 N–H and O–H groups in total. The number of pyridine rings is 1. The van der Waals surface area contributed by atoms with Crippen LogP contribution in [-0.4, -0.2) is 22.0 Å². The van der Waals surface area contributed by atoms with E-state index < -0.39 is 17.8 Å². The minimum Gasteiger partial charge on any atom is -0.481 e. The predicted molar refractivity (Wildman–Crippen MR) is 70.6 cm³/mol. The van der Waals surface area contributed by atoms with E-state index >= 15 is 0 Å². The number of aromatic nitrogens is 1. The molecule has 1 heterocycles. The highest BCUT2D eigenvalue weighted by molar-refractivity contribution is 5.95. The summed E-state index contributed by atoms with van der Waals surface area (Å²) in [5, 5.41) is 11.9. The van der Waals surface area contributed by atoms with E-state index in [0.29, 0.717) is 18.5 Å². The van der Waals surface area contributed by atoms with E-state index in [0.717, 1.165) is 5.69 Å². The van der Waals surface area contributed by atoms with Gasteiger partial charge in [0.15, 0.2) is 0 Å². The van der Waals surface area contributed by atoms with Crippen molar-refractivity contribution < 1.29 is 14.7 Å². The monoisotopic (exact) mass is 260 g/mol. The molecule has 5 heteroatoms. The molecule has 1 amide bonds. The Hall–Kier alpha value is -2.17. The quantitative estimate of drug-likeness (QED) is 0.815. The van der Waals surface area contributed by atoms with Gasteiger partial charge in [0.1, 0.15) is 0 Å². The number of nitrogens with zero attached hydrogens (tertiary/aromatic N) is 1. The topological polar surface area (TPSA) is 79.3 Å². The molecule has 2 unspecified atom stereocenters. The highest BCUT2D eigenvalue weighted by Gasteiger charge is 2.33. The molecular formula is C14H16N2O3. The van der Waals surface area contributed by atoms with Crippen molar-refractivity contribution in [2.45, 2.75) is 19.8 Å². The molecular weight excluding hydrogens is 244 g/mol. The zero-order chi connectivity index (χ0) is 13.8. The van der Waals surface area contributed by atoms with E-state index in [-0.39, 0.29) is 5.91 Å². The van der Waals surface area contributed by atoms with Crippen LogP contribution in [0.5, 0.6) is 0 Å². The average Bonchev–Trinajstić information content (AvgIpc) is 2.41. The van der Waals surface area contributed by atoms with Crippen molar-refractivity contribution in [1.29, 1.82) is 0 Å². The molecule has 100 valence electrons. The summed E-state index contributed by atoms with van der Waals surface area (Å²) in [5.41, 5.74) is 1.45. The van der Waals surface area contributed by atoms with Gasteiger partial charge in [-0.25, -0.2) is 0 Å². The largest absolute Gasteiger partial charge is 0.481 e. The second-order valence-corrected chi connectivity index (χ2v) is 4.67. The summed E-state index contributed by atoms with van der Waals surface area (Å²) in [6.45, 7) is 1.86. The molecule has 0 aromatic carbocycles. The third-order valence-electron chi connectivity index (χ3n) is 3.27. The Kier molecular flexibility index (Phi) is 3.94. The second-order valence-electron chi connectivity index (χ2n) is 4.67. The first-order valence-corrected chi connectivity index (χ1v) is 6.19. The molecule has 19 heavy (non-hydrogen) atoms. The number of carbonyl (C=O) groups excluding carboxylic acids is 1. The first kappa shape index (κ1) is 13.3. The normalized spacial score (nSPS) is 21.9. The maximum absolute atomic E-state index is 12.1. The molecule has 0 bridgehead atoms. The van der Waals surface area contributed by atoms with Crippen LogP contribution in [0.25, 0.3) is 0 Å². The Morgan fingerprint density at radius 3 is 2.53 bits per heavy atom. The van der Waals surface area contributed by atoms with Crippen molar-refractivity contribution in [3.8, 4) is 0 Å². The smallest absolute Gasteiger partial charge is 0.307 e. The lowest BCUT2D eigenvalue weighted by Crippen LogP contribution is -2.34. The molecule has 0 spiro atoms. The van der Waals surface area contributed by atoms with E-state index in [1.807, 2.05) is 19.1 Å². The number of hydrogen-bond donors (Lipinski definition) is 2. The highest BCUT2D eigenvalue weighted by Crippen LogP contribution is 2.27. The maximum atomic E-state index is 12.1. The van der Waals surface area contributed by atoms with Crippen molar-refractivity contribution in [2.24, 2.45) is 11.8 Å². The molecule has 0 fully saturated rings. The zero-order valence-electron chi connectivity index (χ0n) is 10.7. The SMILES string of the molecule is Cc1ccc(NC(=O)C2CC=CCC2C(=O)O)cn1. The van der Waals surface area contributed by atoms with E-state index in [1.54, 1.807) is 18.3 Å². The van der Waals surface area contributed by atoms with Crippen molar-refractivity contribution in [3.63, 3.8) is 0 Å². The van der Waals surface area contributed by atoms with Crippen LogP contribution in [0.15, 0.2) is 30.5 Å². The summed E-state index contributed by atoms with van der Waals surface area (Å²) in [5.74, 6) is -2.36. The number of carboxylic acids is 1. The van der Waals surface area contributed by atoms with Crippen LogP contribution in [0.2, 0.25) is 0 Å². The number of aliphatic carboxylic acids is 1. The van der Waals surface area contributed by atoms with Gasteiger partial charge in [-0.05, 0) is 31.9 Å². The number of nitrogens with one attached hydrogen (secondary N) is 1. The van der Waals surface area contributed by atoms with Crippen LogP contribution in [0, 0.1) is 18.8 Å². The van der Waals surface area contributed by atoms with Crippen LogP contribution in [0.3, 0.4) is 0 Å². The molecule has 2 atom stereocenters. The number of hydrogen-bond acceptors (Lipinski definition) is 3. The lowest BCUT2D eigenvalue weighted by atomic mass is 9.82. The third-order valence-corrected chi connectivity index (χ3v) is 3.27. The zero-order valence-corrected chi connectivity index (χ0v) is 10.7. The summed E-state index contributed by atoms with van der Waals surface area (Å²) in [4.78, 5) is 27.4. The van der Waals surface area contributed by atoms with Crippen LogP contribution >= 0.6 is 0 Å². The molecule has 1 aromatic rings. The van der Waals surface area contributed by atoms with Crippen molar-refractivity contribution >= 4 is 17.6 Å². The molecule has 1 aliphatic carbocycles. The van der Waals surface area contributed by atoms with Gasteiger partial charge in [-0.2, -0.15) is 0 Å². The Balaban J connectivity index is 2.08. The highest BCUT2D eigenvalue weighted by atomic mass is 16.4. The third kappa shape index (κ3) is 3.19. The number of aryl methyl sites for hydroxylation is 1. The molecule has 0 saturated carbocycles. The molecule has 0 aliphatic heterocycles. The molecule has 0 radical (unpaired) electrons. The van der Waals surface area contributed by atoms with Crippen molar-refractivity contribution in [3.05, 3.63) is 36.2 Å². The second kappa shape index (κ2) is 5.65. The molecule has 2 rings (SSSR count). The summed E-state index contributed by atoms with van der Waals surface area (Å²) in [6.07, 6.45) is 6.11. The van der Waals surface area contributed by atoms with Crippen LogP contribution < -0.4 is 5.32 Å². The number of anilines is 1. The van der Waals surface area contributed by atoms with Gasteiger partial charge in [0, 0.05) is 5.69 Å². The number of rotatable bonds is 3. The number of amides is 1. The first-order valence-electron chi connectivity index (χ1n) is 6.19. The summed E-state index contributed by atoms with van der Waals surface area (Å²) in [7, 11) is 0. The van der Waals surface area contributed by atoms with E-state index in [4.69, 9.17) is 5.11 Å². The number of carboxylic acid groups (broad SMARTS) is 1. The fraction of sp³-hybridized carbons (Fsp3) is 0.357. The summed E-state index contributed by atoms with van der Waals surface area (Å²) >= 11 is 0. The van der Waals surface area contributed by atoms with E-state index in [1.165, 1.54) is 0 Å². The van der Waals surface area contributed by atoms with Gasteiger partial charge in [-0.3, -0.25) is 14.6 Å². The fourth-order valence-corrected chi connectivity index (χ4v) is 2.15. The molecule has 1 aromatic heterocycles. The molecule has 1 aliphatic rings. The van der Waals surface area contributed by atoms with Gasteiger partial charge in [0.25, 0.3) is 0 Å². The van der Waals surface area contributed by atoms with Crippen LogP contribution in [-0.2, 0) is 9.59 Å². The van der Waals surface area contributed by atoms with Gasteiger partial charge in [-0.15, -0.1) is 0 Å². The average molecular weight is 260 g/mol. The van der Waals surface area contributed by atoms with Crippen molar-refractivity contribution in [1.82, 2.24) is 4.98 Å².